The van der Waals surface area contributed by atoms with Crippen LogP contribution in [0, 0.1) is 5.92 Å². The number of nitrogens with one attached hydrogen (secondary N) is 3. The average Bonchev–Trinajstić information content (AvgIpc) is 2.61. The third-order valence-corrected chi connectivity index (χ3v) is 4.17. The van der Waals surface area contributed by atoms with Crippen LogP contribution in [-0.2, 0) is 24.0 Å². The number of hydrogen-bond donors (Lipinski definition) is 7. The van der Waals surface area contributed by atoms with Gasteiger partial charge < -0.3 is 37.6 Å². The standard InChI is InChI=1S/C18H33N5O7/c1-8(2)7-12(18(29)30)22-17(28)14(10(4)24)23-15(26)9(3)21-16(27)11(19)5-6-13(20)25/h8-12,14,24H,5-7,19H2,1-4H3,(H2,20,25)(H,21,27)(H,22,28)(H,23,26)(H,29,30)/t9-,10+,11-,12-,14-/m0/s1. The number of primary amides is 1. The minimum atomic E-state index is -1.44. The predicted octanol–water partition coefficient (Wildman–Crippen LogP) is -2.43. The second-order valence-electron chi connectivity index (χ2n) is 7.60. The van der Waals surface area contributed by atoms with Crippen LogP contribution in [0.5, 0.6) is 0 Å². The Morgan fingerprint density at radius 2 is 1.47 bits per heavy atom. The second-order valence-corrected chi connectivity index (χ2v) is 7.60. The van der Waals surface area contributed by atoms with Gasteiger partial charge in [0.15, 0.2) is 0 Å². The molecule has 4 amide bonds. The van der Waals surface area contributed by atoms with E-state index < -0.39 is 59.9 Å². The van der Waals surface area contributed by atoms with E-state index in [4.69, 9.17) is 11.5 Å². The molecular weight excluding hydrogens is 398 g/mol. The predicted molar refractivity (Wildman–Crippen MR) is 107 cm³/mol. The number of carbonyl (C=O) groups excluding carboxylic acids is 4. The van der Waals surface area contributed by atoms with Gasteiger partial charge in [0.2, 0.25) is 23.6 Å². The monoisotopic (exact) mass is 431 g/mol. The van der Waals surface area contributed by atoms with Gasteiger partial charge in [0.25, 0.3) is 0 Å². The molecule has 0 aliphatic heterocycles. The molecule has 0 fully saturated rings. The van der Waals surface area contributed by atoms with Crippen molar-refractivity contribution in [3.8, 4) is 0 Å². The van der Waals surface area contributed by atoms with E-state index >= 15 is 0 Å². The molecule has 0 aliphatic carbocycles. The molecule has 0 rings (SSSR count). The number of aliphatic carboxylic acids is 1. The number of aliphatic hydroxyl groups is 1. The largest absolute Gasteiger partial charge is 0.480 e. The minimum absolute atomic E-state index is 0.000634. The van der Waals surface area contributed by atoms with Gasteiger partial charge in [0.1, 0.15) is 18.1 Å². The average molecular weight is 431 g/mol. The zero-order chi connectivity index (χ0) is 23.6. The molecule has 0 aromatic heterocycles. The number of amides is 4. The van der Waals surface area contributed by atoms with Gasteiger partial charge in [-0.25, -0.2) is 4.79 Å². The van der Waals surface area contributed by atoms with Gasteiger partial charge in [-0.05, 0) is 32.6 Å². The topological polar surface area (TPSA) is 214 Å². The Labute approximate surface area is 175 Å². The number of carboxylic acids is 1. The maximum absolute atomic E-state index is 12.4. The Morgan fingerprint density at radius 3 is 1.90 bits per heavy atom. The first kappa shape index (κ1) is 27.3. The lowest BCUT2D eigenvalue weighted by atomic mass is 10.0. The van der Waals surface area contributed by atoms with Gasteiger partial charge >= 0.3 is 5.97 Å². The molecule has 0 heterocycles. The fourth-order valence-electron chi connectivity index (χ4n) is 2.45. The number of aliphatic hydroxyl groups excluding tert-OH is 1. The highest BCUT2D eigenvalue weighted by atomic mass is 16.4. The summed E-state index contributed by atoms with van der Waals surface area (Å²) in [4.78, 5) is 58.8. The summed E-state index contributed by atoms with van der Waals surface area (Å²) in [5.74, 6) is -4.23. The first-order valence-electron chi connectivity index (χ1n) is 9.62. The van der Waals surface area contributed by atoms with Crippen molar-refractivity contribution in [1.29, 1.82) is 0 Å². The van der Waals surface area contributed by atoms with Crippen LogP contribution in [0.3, 0.4) is 0 Å². The molecular formula is C18H33N5O7. The Balaban J connectivity index is 4.97. The van der Waals surface area contributed by atoms with Crippen molar-refractivity contribution in [3.63, 3.8) is 0 Å². The molecule has 0 saturated carbocycles. The van der Waals surface area contributed by atoms with Crippen LogP contribution in [0.15, 0.2) is 0 Å². The van der Waals surface area contributed by atoms with Gasteiger partial charge in [0, 0.05) is 6.42 Å². The van der Waals surface area contributed by atoms with Crippen molar-refractivity contribution in [2.75, 3.05) is 0 Å². The molecule has 12 heteroatoms. The summed E-state index contributed by atoms with van der Waals surface area (Å²) >= 11 is 0. The number of carbonyl (C=O) groups is 5. The lowest BCUT2D eigenvalue weighted by Gasteiger charge is -2.25. The second kappa shape index (κ2) is 12.8. The summed E-state index contributed by atoms with van der Waals surface area (Å²) in [7, 11) is 0. The number of carboxylic acid groups (broad SMARTS) is 1. The Bertz CT molecular complexity index is 638. The molecule has 0 saturated heterocycles. The highest BCUT2D eigenvalue weighted by molar-refractivity contribution is 5.94. The fraction of sp³-hybridized carbons (Fsp3) is 0.722. The van der Waals surface area contributed by atoms with Gasteiger partial charge in [-0.15, -0.1) is 0 Å². The lowest BCUT2D eigenvalue weighted by molar-refractivity contribution is -0.143. The van der Waals surface area contributed by atoms with Crippen molar-refractivity contribution in [2.24, 2.45) is 17.4 Å². The molecule has 0 spiro atoms. The van der Waals surface area contributed by atoms with E-state index in [1.807, 2.05) is 0 Å². The molecule has 0 bridgehead atoms. The molecule has 12 nitrogen and oxygen atoms in total. The van der Waals surface area contributed by atoms with E-state index in [0.717, 1.165) is 0 Å². The van der Waals surface area contributed by atoms with Crippen LogP contribution in [0.25, 0.3) is 0 Å². The van der Waals surface area contributed by atoms with Gasteiger partial charge in [-0.3, -0.25) is 19.2 Å². The van der Waals surface area contributed by atoms with E-state index in [-0.39, 0.29) is 25.2 Å². The van der Waals surface area contributed by atoms with Crippen molar-refractivity contribution in [1.82, 2.24) is 16.0 Å². The van der Waals surface area contributed by atoms with E-state index in [2.05, 4.69) is 16.0 Å². The van der Waals surface area contributed by atoms with Crippen LogP contribution in [-0.4, -0.2) is 70.1 Å². The smallest absolute Gasteiger partial charge is 0.326 e. The van der Waals surface area contributed by atoms with Crippen LogP contribution in [0.2, 0.25) is 0 Å². The number of rotatable bonds is 13. The Hall–Kier alpha value is -2.73. The van der Waals surface area contributed by atoms with Crippen molar-refractivity contribution < 1.29 is 34.2 Å². The molecule has 30 heavy (non-hydrogen) atoms. The van der Waals surface area contributed by atoms with Crippen molar-refractivity contribution >= 4 is 29.6 Å². The third kappa shape index (κ3) is 10.2. The first-order valence-corrected chi connectivity index (χ1v) is 9.62. The van der Waals surface area contributed by atoms with Crippen molar-refractivity contribution in [3.05, 3.63) is 0 Å². The third-order valence-electron chi connectivity index (χ3n) is 4.17. The molecule has 0 radical (unpaired) electrons. The lowest BCUT2D eigenvalue weighted by Crippen LogP contribution is -2.59. The first-order chi connectivity index (χ1) is 13.8. The van der Waals surface area contributed by atoms with Crippen LogP contribution in [0.4, 0.5) is 0 Å². The van der Waals surface area contributed by atoms with E-state index in [9.17, 15) is 34.2 Å². The SMILES string of the molecule is CC(C)C[C@H](NC(=O)[C@@H](NC(=O)[C@H](C)NC(=O)[C@@H](N)CCC(N)=O)[C@@H](C)O)C(=O)O. The van der Waals surface area contributed by atoms with E-state index in [1.165, 1.54) is 13.8 Å². The summed E-state index contributed by atoms with van der Waals surface area (Å²) in [6.07, 6.45) is -1.26. The number of hydrogen-bond acceptors (Lipinski definition) is 7. The minimum Gasteiger partial charge on any atom is -0.480 e. The van der Waals surface area contributed by atoms with Gasteiger partial charge in [-0.2, -0.15) is 0 Å². The maximum atomic E-state index is 12.4. The molecule has 0 aromatic carbocycles. The zero-order valence-corrected chi connectivity index (χ0v) is 17.7. The van der Waals surface area contributed by atoms with Crippen molar-refractivity contribution in [2.45, 2.75) is 77.2 Å². The van der Waals surface area contributed by atoms with Gasteiger partial charge in [0.05, 0.1) is 12.1 Å². The molecule has 0 aliphatic rings. The molecule has 0 aromatic rings. The maximum Gasteiger partial charge on any atom is 0.326 e. The highest BCUT2D eigenvalue weighted by Gasteiger charge is 2.31. The molecule has 5 atom stereocenters. The summed E-state index contributed by atoms with van der Waals surface area (Å²) in [5, 5.41) is 26.0. The highest BCUT2D eigenvalue weighted by Crippen LogP contribution is 2.06. The van der Waals surface area contributed by atoms with E-state index in [0.29, 0.717) is 0 Å². The fourth-order valence-corrected chi connectivity index (χ4v) is 2.45. The van der Waals surface area contributed by atoms with E-state index in [1.54, 1.807) is 13.8 Å². The van der Waals surface area contributed by atoms with Crippen LogP contribution in [0.1, 0.15) is 47.0 Å². The summed E-state index contributed by atoms with van der Waals surface area (Å²) in [5.41, 5.74) is 10.6. The Morgan fingerprint density at radius 1 is 0.900 bits per heavy atom. The summed E-state index contributed by atoms with van der Waals surface area (Å²) in [6, 6.07) is -4.79. The molecule has 172 valence electrons. The summed E-state index contributed by atoms with van der Waals surface area (Å²) in [6.45, 7) is 6.17. The number of nitrogens with two attached hydrogens (primary N) is 2. The zero-order valence-electron chi connectivity index (χ0n) is 17.7. The van der Waals surface area contributed by atoms with Gasteiger partial charge in [-0.1, -0.05) is 13.8 Å². The van der Waals surface area contributed by atoms with Crippen LogP contribution < -0.4 is 27.4 Å². The Kier molecular flexibility index (Phi) is 11.6. The normalized spacial score (nSPS) is 16.0. The molecule has 0 unspecified atom stereocenters. The quantitative estimate of drug-likeness (QED) is 0.166. The van der Waals surface area contributed by atoms with Crippen LogP contribution >= 0.6 is 0 Å². The summed E-state index contributed by atoms with van der Waals surface area (Å²) < 4.78 is 0. The molecule has 9 N–H and O–H groups in total.